The molecule has 6 heteroatoms. The summed E-state index contributed by atoms with van der Waals surface area (Å²) in [5.41, 5.74) is 4.69. The summed E-state index contributed by atoms with van der Waals surface area (Å²) in [6.07, 6.45) is 2.83. The van der Waals surface area contributed by atoms with Crippen LogP contribution in [0.2, 0.25) is 0 Å². The van der Waals surface area contributed by atoms with Crippen molar-refractivity contribution < 1.29 is 18.7 Å². The number of ether oxygens (including phenoxy) is 1. The third kappa shape index (κ3) is 4.90. The van der Waals surface area contributed by atoms with E-state index in [1.165, 1.54) is 11.1 Å². The third-order valence-electron chi connectivity index (χ3n) is 7.25. The highest BCUT2D eigenvalue weighted by Crippen LogP contribution is 2.41. The fraction of sp³-hybridized carbons (Fsp3) is 0.400. The van der Waals surface area contributed by atoms with Crippen LogP contribution in [-0.4, -0.2) is 41.2 Å². The Kier molecular flexibility index (Phi) is 6.86. The van der Waals surface area contributed by atoms with Crippen molar-refractivity contribution in [2.45, 2.75) is 52.7 Å². The molecule has 0 saturated heterocycles. The molecule has 2 aliphatic rings. The quantitative estimate of drug-likeness (QED) is 0.420. The fourth-order valence-corrected chi connectivity index (χ4v) is 4.98. The van der Waals surface area contributed by atoms with Gasteiger partial charge in [-0.05, 0) is 81.0 Å². The summed E-state index contributed by atoms with van der Waals surface area (Å²) in [6.45, 7) is 8.22. The second kappa shape index (κ2) is 10.2. The molecule has 0 bridgehead atoms. The van der Waals surface area contributed by atoms with Crippen molar-refractivity contribution in [1.82, 2.24) is 9.80 Å². The molecule has 1 aromatic heterocycles. The molecule has 0 radical (unpaired) electrons. The van der Waals surface area contributed by atoms with Gasteiger partial charge in [0.2, 0.25) is 5.91 Å². The number of hydrogen-bond donors (Lipinski definition) is 0. The molecular weight excluding hydrogens is 452 g/mol. The number of fused-ring (bicyclic) bond motifs is 1. The first-order chi connectivity index (χ1) is 17.5. The molecule has 1 saturated carbocycles. The average Bonchev–Trinajstić information content (AvgIpc) is 3.64. The van der Waals surface area contributed by atoms with Gasteiger partial charge in [-0.15, -0.1) is 0 Å². The second-order valence-electron chi connectivity index (χ2n) is 9.76. The van der Waals surface area contributed by atoms with Gasteiger partial charge < -0.3 is 19.0 Å². The Morgan fingerprint density at radius 3 is 2.47 bits per heavy atom. The van der Waals surface area contributed by atoms with Crippen LogP contribution >= 0.6 is 0 Å². The van der Waals surface area contributed by atoms with Gasteiger partial charge >= 0.3 is 0 Å². The molecule has 188 valence electrons. The molecule has 0 N–H and O–H groups in total. The normalized spacial score (nSPS) is 17.0. The zero-order chi connectivity index (χ0) is 25.2. The summed E-state index contributed by atoms with van der Waals surface area (Å²) in [7, 11) is 0. The summed E-state index contributed by atoms with van der Waals surface area (Å²) in [5.74, 6) is 1.98. The summed E-state index contributed by atoms with van der Waals surface area (Å²) in [6, 6.07) is 18.0. The number of carbonyl (C=O) groups excluding carboxylic acids is 2. The van der Waals surface area contributed by atoms with Crippen LogP contribution in [0.5, 0.6) is 5.75 Å². The summed E-state index contributed by atoms with van der Waals surface area (Å²) in [5, 5.41) is 0. The molecule has 1 fully saturated rings. The van der Waals surface area contributed by atoms with E-state index in [1.54, 1.807) is 17.0 Å². The standard InChI is InChI=1S/C30H34N2O4/c1-4-31(5-2)30(34)27-15-14-25(36-27)19-35-24-13-12-21-16-17-32(29(33)23-10-11-23)28(26(21)18-24)22-8-6-20(3)7-9-22/h6-9,12-15,18,23,28H,4-5,10-11,16-17,19H2,1-3H3. The number of benzene rings is 2. The van der Waals surface area contributed by atoms with Crippen LogP contribution in [0.4, 0.5) is 0 Å². The van der Waals surface area contributed by atoms with Crippen LogP contribution in [0.1, 0.15) is 71.3 Å². The van der Waals surface area contributed by atoms with Crippen molar-refractivity contribution >= 4 is 11.8 Å². The highest BCUT2D eigenvalue weighted by Gasteiger charge is 2.39. The van der Waals surface area contributed by atoms with Crippen LogP contribution in [-0.2, 0) is 17.8 Å². The SMILES string of the molecule is CCN(CC)C(=O)c1ccc(COc2ccc3c(c2)C(c2ccc(C)cc2)N(C(=O)C2CC2)CC3)o1. The molecule has 0 spiro atoms. The largest absolute Gasteiger partial charge is 0.486 e. The molecule has 1 aliphatic heterocycles. The molecule has 2 heterocycles. The van der Waals surface area contributed by atoms with E-state index in [2.05, 4.69) is 48.2 Å². The van der Waals surface area contributed by atoms with Crippen LogP contribution in [0.3, 0.4) is 0 Å². The summed E-state index contributed by atoms with van der Waals surface area (Å²) >= 11 is 0. The predicted octanol–water partition coefficient (Wildman–Crippen LogP) is 5.53. The van der Waals surface area contributed by atoms with Gasteiger partial charge in [0, 0.05) is 25.6 Å². The topological polar surface area (TPSA) is 63.0 Å². The van der Waals surface area contributed by atoms with Gasteiger partial charge in [-0.25, -0.2) is 0 Å². The number of aryl methyl sites for hydroxylation is 1. The Morgan fingerprint density at radius 2 is 1.78 bits per heavy atom. The lowest BCUT2D eigenvalue weighted by Gasteiger charge is -2.38. The monoisotopic (exact) mass is 486 g/mol. The molecule has 1 aliphatic carbocycles. The van der Waals surface area contributed by atoms with Gasteiger partial charge in [0.1, 0.15) is 18.1 Å². The Labute approximate surface area is 212 Å². The predicted molar refractivity (Wildman–Crippen MR) is 138 cm³/mol. The van der Waals surface area contributed by atoms with E-state index in [1.807, 2.05) is 19.9 Å². The summed E-state index contributed by atoms with van der Waals surface area (Å²) < 4.78 is 11.9. The van der Waals surface area contributed by atoms with E-state index in [4.69, 9.17) is 9.15 Å². The van der Waals surface area contributed by atoms with Gasteiger partial charge in [0.05, 0.1) is 6.04 Å². The lowest BCUT2D eigenvalue weighted by atomic mass is 9.87. The maximum Gasteiger partial charge on any atom is 0.289 e. The Bertz CT molecular complexity index is 1240. The zero-order valence-corrected chi connectivity index (χ0v) is 21.3. The van der Waals surface area contributed by atoms with Gasteiger partial charge in [0.15, 0.2) is 5.76 Å². The average molecular weight is 487 g/mol. The number of nitrogens with zero attached hydrogens (tertiary/aromatic N) is 2. The van der Waals surface area contributed by atoms with Gasteiger partial charge in [-0.1, -0.05) is 35.9 Å². The van der Waals surface area contributed by atoms with Crippen LogP contribution < -0.4 is 4.74 Å². The lowest BCUT2D eigenvalue weighted by Crippen LogP contribution is -2.41. The van der Waals surface area contributed by atoms with E-state index in [9.17, 15) is 9.59 Å². The Morgan fingerprint density at radius 1 is 1.03 bits per heavy atom. The minimum atomic E-state index is -0.118. The highest BCUT2D eigenvalue weighted by atomic mass is 16.5. The molecule has 6 nitrogen and oxygen atoms in total. The molecule has 1 atom stereocenters. The Hall–Kier alpha value is -3.54. The summed E-state index contributed by atoms with van der Waals surface area (Å²) in [4.78, 5) is 29.6. The van der Waals surface area contributed by atoms with Crippen LogP contribution in [0, 0.1) is 12.8 Å². The van der Waals surface area contributed by atoms with Crippen molar-refractivity contribution in [2.75, 3.05) is 19.6 Å². The smallest absolute Gasteiger partial charge is 0.289 e. The number of hydrogen-bond acceptors (Lipinski definition) is 4. The van der Waals surface area contributed by atoms with Crippen molar-refractivity contribution in [3.63, 3.8) is 0 Å². The minimum Gasteiger partial charge on any atom is -0.486 e. The number of amides is 2. The Balaban J connectivity index is 1.38. The molecule has 3 aromatic rings. The number of furan rings is 1. The first kappa shape index (κ1) is 24.2. The zero-order valence-electron chi connectivity index (χ0n) is 21.3. The van der Waals surface area contributed by atoms with Gasteiger partial charge in [-0.3, -0.25) is 9.59 Å². The van der Waals surface area contributed by atoms with Gasteiger partial charge in [0.25, 0.3) is 5.91 Å². The molecule has 5 rings (SSSR count). The highest BCUT2D eigenvalue weighted by molar-refractivity contribution is 5.91. The maximum absolute atomic E-state index is 13.2. The van der Waals surface area contributed by atoms with E-state index in [0.717, 1.165) is 42.7 Å². The van der Waals surface area contributed by atoms with E-state index in [0.29, 0.717) is 24.6 Å². The third-order valence-corrected chi connectivity index (χ3v) is 7.25. The minimum absolute atomic E-state index is 0.110. The number of carbonyl (C=O) groups is 2. The number of rotatable bonds is 8. The van der Waals surface area contributed by atoms with E-state index >= 15 is 0 Å². The first-order valence-electron chi connectivity index (χ1n) is 13.0. The molecule has 1 unspecified atom stereocenters. The van der Waals surface area contributed by atoms with Crippen LogP contribution in [0.15, 0.2) is 59.0 Å². The van der Waals surface area contributed by atoms with Gasteiger partial charge in [-0.2, -0.15) is 0 Å². The lowest BCUT2D eigenvalue weighted by molar-refractivity contribution is -0.134. The van der Waals surface area contributed by atoms with E-state index < -0.39 is 0 Å². The molecule has 36 heavy (non-hydrogen) atoms. The first-order valence-corrected chi connectivity index (χ1v) is 13.0. The second-order valence-corrected chi connectivity index (χ2v) is 9.76. The van der Waals surface area contributed by atoms with Crippen molar-refractivity contribution in [2.24, 2.45) is 5.92 Å². The molecule has 2 amide bonds. The van der Waals surface area contributed by atoms with Crippen LogP contribution in [0.25, 0.3) is 0 Å². The van der Waals surface area contributed by atoms with Crippen molar-refractivity contribution in [3.05, 3.63) is 88.4 Å². The van der Waals surface area contributed by atoms with Crippen molar-refractivity contribution in [1.29, 1.82) is 0 Å². The van der Waals surface area contributed by atoms with Crippen molar-refractivity contribution in [3.8, 4) is 5.75 Å². The molecule has 2 aromatic carbocycles. The fourth-order valence-electron chi connectivity index (χ4n) is 4.98. The molecular formula is C30H34N2O4. The van der Waals surface area contributed by atoms with E-state index in [-0.39, 0.29) is 30.4 Å². The maximum atomic E-state index is 13.2.